The third-order valence-corrected chi connectivity index (χ3v) is 3.86. The summed E-state index contributed by atoms with van der Waals surface area (Å²) in [6.45, 7) is 3.58. The molecule has 0 fully saturated rings. The van der Waals surface area contributed by atoms with Gasteiger partial charge in [0.2, 0.25) is 0 Å². The molecule has 0 saturated heterocycles. The van der Waals surface area contributed by atoms with E-state index in [-0.39, 0.29) is 0 Å². The van der Waals surface area contributed by atoms with E-state index >= 15 is 0 Å². The smallest absolute Gasteiger partial charge is 0.149 e. The van der Waals surface area contributed by atoms with Crippen molar-refractivity contribution in [2.45, 2.75) is 19.4 Å². The summed E-state index contributed by atoms with van der Waals surface area (Å²) in [5, 5.41) is 20.2. The first-order valence-corrected chi connectivity index (χ1v) is 6.90. The lowest BCUT2D eigenvalue weighted by Crippen LogP contribution is -2.29. The van der Waals surface area contributed by atoms with E-state index in [4.69, 9.17) is 5.26 Å². The molecule has 6 heteroatoms. The highest BCUT2D eigenvalue weighted by atomic mass is 79.9. The van der Waals surface area contributed by atoms with Crippen molar-refractivity contribution in [3.8, 4) is 16.6 Å². The van der Waals surface area contributed by atoms with Gasteiger partial charge in [0.1, 0.15) is 17.1 Å². The molecule has 0 radical (unpaired) electrons. The molecule has 18 heavy (non-hydrogen) atoms. The minimum absolute atomic E-state index is 0.598. The molecule has 2 aromatic rings. The van der Waals surface area contributed by atoms with Gasteiger partial charge >= 0.3 is 0 Å². The highest BCUT2D eigenvalue weighted by molar-refractivity contribution is 9.11. The minimum atomic E-state index is -0.651. The van der Waals surface area contributed by atoms with Crippen molar-refractivity contribution in [1.29, 1.82) is 5.26 Å². The fourth-order valence-corrected chi connectivity index (χ4v) is 2.68. The van der Waals surface area contributed by atoms with Gasteiger partial charge in [-0.15, -0.1) is 21.5 Å². The van der Waals surface area contributed by atoms with Crippen LogP contribution in [0.15, 0.2) is 28.1 Å². The van der Waals surface area contributed by atoms with Crippen LogP contribution in [0.3, 0.4) is 0 Å². The Kier molecular flexibility index (Phi) is 3.64. The SMILES string of the molecule is CC(C)(C#N)Nc1ccc(-c2ccc(Br)s2)nn1. The average molecular weight is 323 g/mol. The van der Waals surface area contributed by atoms with Crippen LogP contribution in [0, 0.1) is 11.3 Å². The van der Waals surface area contributed by atoms with Gasteiger partial charge in [-0.2, -0.15) is 5.26 Å². The van der Waals surface area contributed by atoms with E-state index in [0.717, 1.165) is 14.4 Å². The monoisotopic (exact) mass is 322 g/mol. The number of halogens is 1. The van der Waals surface area contributed by atoms with Crippen LogP contribution in [0.4, 0.5) is 5.82 Å². The van der Waals surface area contributed by atoms with Gasteiger partial charge in [-0.1, -0.05) is 0 Å². The maximum atomic E-state index is 8.93. The lowest BCUT2D eigenvalue weighted by Gasteiger charge is -2.17. The van der Waals surface area contributed by atoms with Gasteiger partial charge < -0.3 is 5.32 Å². The van der Waals surface area contributed by atoms with Gasteiger partial charge in [-0.05, 0) is 54.0 Å². The zero-order valence-electron chi connectivity index (χ0n) is 9.94. The lowest BCUT2D eigenvalue weighted by atomic mass is 10.1. The fourth-order valence-electron chi connectivity index (χ4n) is 1.33. The lowest BCUT2D eigenvalue weighted by molar-refractivity contribution is 0.719. The summed E-state index contributed by atoms with van der Waals surface area (Å²) in [4.78, 5) is 1.06. The van der Waals surface area contributed by atoms with E-state index in [2.05, 4.69) is 37.5 Å². The Hall–Kier alpha value is -1.45. The average Bonchev–Trinajstić information content (AvgIpc) is 2.76. The largest absolute Gasteiger partial charge is 0.351 e. The molecular formula is C12H11BrN4S. The standard InChI is InChI=1S/C12H11BrN4S/c1-12(2,7-14)15-11-6-3-8(16-17-11)9-4-5-10(13)18-9/h3-6H,1-2H3,(H,15,17). The topological polar surface area (TPSA) is 61.6 Å². The number of rotatable bonds is 3. The van der Waals surface area contributed by atoms with Gasteiger partial charge in [-0.25, -0.2) is 0 Å². The van der Waals surface area contributed by atoms with Crippen LogP contribution < -0.4 is 5.32 Å². The van der Waals surface area contributed by atoms with Crippen molar-refractivity contribution in [2.24, 2.45) is 0 Å². The molecular weight excluding hydrogens is 312 g/mol. The minimum Gasteiger partial charge on any atom is -0.351 e. The number of nitrogens with zero attached hydrogens (tertiary/aromatic N) is 3. The molecule has 4 nitrogen and oxygen atoms in total. The first kappa shape index (κ1) is 13.0. The summed E-state index contributed by atoms with van der Waals surface area (Å²) in [6, 6.07) is 9.84. The van der Waals surface area contributed by atoms with Crippen molar-refractivity contribution in [2.75, 3.05) is 5.32 Å². The Morgan fingerprint density at radius 3 is 2.56 bits per heavy atom. The van der Waals surface area contributed by atoms with Gasteiger partial charge in [0.15, 0.2) is 0 Å². The van der Waals surface area contributed by atoms with Crippen molar-refractivity contribution >= 4 is 33.1 Å². The van der Waals surface area contributed by atoms with Crippen molar-refractivity contribution in [3.63, 3.8) is 0 Å². The summed E-state index contributed by atoms with van der Waals surface area (Å²) >= 11 is 5.02. The Balaban J connectivity index is 2.18. The molecule has 0 atom stereocenters. The zero-order valence-corrected chi connectivity index (χ0v) is 12.3. The summed E-state index contributed by atoms with van der Waals surface area (Å²) < 4.78 is 1.06. The van der Waals surface area contributed by atoms with Crippen LogP contribution in [0.2, 0.25) is 0 Å². The van der Waals surface area contributed by atoms with Crippen molar-refractivity contribution in [1.82, 2.24) is 10.2 Å². The normalized spacial score (nSPS) is 11.0. The van der Waals surface area contributed by atoms with E-state index in [9.17, 15) is 0 Å². The predicted octanol–water partition coefficient (Wildman–Crippen LogP) is 3.68. The Morgan fingerprint density at radius 1 is 1.28 bits per heavy atom. The number of nitriles is 1. The van der Waals surface area contributed by atoms with Crippen molar-refractivity contribution in [3.05, 3.63) is 28.1 Å². The molecule has 0 spiro atoms. The Labute approximate surface area is 118 Å². The summed E-state index contributed by atoms with van der Waals surface area (Å²) in [5.74, 6) is 0.598. The van der Waals surface area contributed by atoms with Crippen LogP contribution in [0.25, 0.3) is 10.6 Å². The van der Waals surface area contributed by atoms with E-state index < -0.39 is 5.54 Å². The predicted molar refractivity (Wildman–Crippen MR) is 76.4 cm³/mol. The van der Waals surface area contributed by atoms with E-state index in [1.807, 2.05) is 24.3 Å². The quantitative estimate of drug-likeness (QED) is 0.936. The summed E-state index contributed by atoms with van der Waals surface area (Å²) in [6.07, 6.45) is 0. The molecule has 0 aliphatic carbocycles. The first-order chi connectivity index (χ1) is 8.50. The molecule has 0 aliphatic rings. The number of hydrogen-bond acceptors (Lipinski definition) is 5. The number of thiophene rings is 1. The van der Waals surface area contributed by atoms with E-state index in [1.165, 1.54) is 0 Å². The Morgan fingerprint density at radius 2 is 2.06 bits per heavy atom. The van der Waals surface area contributed by atoms with Crippen molar-refractivity contribution < 1.29 is 0 Å². The summed E-state index contributed by atoms with van der Waals surface area (Å²) in [7, 11) is 0. The highest BCUT2D eigenvalue weighted by Crippen LogP contribution is 2.29. The van der Waals surface area contributed by atoms with E-state index in [1.54, 1.807) is 25.2 Å². The molecule has 1 N–H and O–H groups in total. The number of anilines is 1. The molecule has 0 unspecified atom stereocenters. The first-order valence-electron chi connectivity index (χ1n) is 5.29. The fraction of sp³-hybridized carbons (Fsp3) is 0.250. The number of aromatic nitrogens is 2. The van der Waals surface area contributed by atoms with E-state index in [0.29, 0.717) is 5.82 Å². The summed E-state index contributed by atoms with van der Waals surface area (Å²) in [5.41, 5.74) is 0.174. The highest BCUT2D eigenvalue weighted by Gasteiger charge is 2.16. The molecule has 2 heterocycles. The third kappa shape index (κ3) is 3.06. The second-order valence-corrected chi connectivity index (χ2v) is 6.73. The second kappa shape index (κ2) is 5.04. The molecule has 0 bridgehead atoms. The third-order valence-electron chi connectivity index (χ3n) is 2.21. The molecule has 2 aromatic heterocycles. The van der Waals surface area contributed by atoms with Gasteiger partial charge in [0.05, 0.1) is 14.7 Å². The maximum Gasteiger partial charge on any atom is 0.149 e. The molecule has 0 aliphatic heterocycles. The Bertz CT molecular complexity index is 583. The van der Waals surface area contributed by atoms with Crippen LogP contribution in [0.5, 0.6) is 0 Å². The van der Waals surface area contributed by atoms with Gasteiger partial charge in [-0.3, -0.25) is 0 Å². The van der Waals surface area contributed by atoms with Crippen LogP contribution in [-0.2, 0) is 0 Å². The maximum absolute atomic E-state index is 8.93. The van der Waals surface area contributed by atoms with Crippen LogP contribution >= 0.6 is 27.3 Å². The molecule has 92 valence electrons. The van der Waals surface area contributed by atoms with Crippen LogP contribution in [-0.4, -0.2) is 15.7 Å². The molecule has 0 saturated carbocycles. The second-order valence-electron chi connectivity index (χ2n) is 4.27. The van der Waals surface area contributed by atoms with Gasteiger partial charge in [0.25, 0.3) is 0 Å². The van der Waals surface area contributed by atoms with Gasteiger partial charge in [0, 0.05) is 0 Å². The molecule has 0 amide bonds. The van der Waals surface area contributed by atoms with Crippen LogP contribution in [0.1, 0.15) is 13.8 Å². The number of hydrogen-bond donors (Lipinski definition) is 1. The number of nitrogens with one attached hydrogen (secondary N) is 1. The zero-order chi connectivity index (χ0) is 13.2. The molecule has 2 rings (SSSR count). The molecule has 0 aromatic carbocycles.